The summed E-state index contributed by atoms with van der Waals surface area (Å²) in [4.78, 5) is 42.1. The van der Waals surface area contributed by atoms with Crippen LogP contribution in [0, 0.1) is 11.8 Å². The van der Waals surface area contributed by atoms with Crippen molar-refractivity contribution in [2.24, 2.45) is 11.8 Å². The van der Waals surface area contributed by atoms with E-state index in [4.69, 9.17) is 0 Å². The van der Waals surface area contributed by atoms with Crippen LogP contribution in [0.15, 0.2) is 84.6 Å². The van der Waals surface area contributed by atoms with Gasteiger partial charge in [-0.2, -0.15) is 0 Å². The molecule has 5 heteroatoms. The molecule has 3 aliphatic rings. The lowest BCUT2D eigenvalue weighted by molar-refractivity contribution is -0.124. The number of rotatable bonds is 7. The lowest BCUT2D eigenvalue weighted by Gasteiger charge is -2.31. The van der Waals surface area contributed by atoms with E-state index in [2.05, 4.69) is 5.32 Å². The van der Waals surface area contributed by atoms with Crippen LogP contribution >= 0.6 is 0 Å². The van der Waals surface area contributed by atoms with E-state index in [1.807, 2.05) is 78.6 Å². The van der Waals surface area contributed by atoms with Crippen molar-refractivity contribution in [2.45, 2.75) is 37.8 Å². The van der Waals surface area contributed by atoms with Crippen LogP contribution in [0.1, 0.15) is 41.6 Å². The highest BCUT2D eigenvalue weighted by molar-refractivity contribution is 6.02. The minimum atomic E-state index is -0.475. The van der Waals surface area contributed by atoms with Crippen LogP contribution in [-0.4, -0.2) is 41.0 Å². The molecule has 0 radical (unpaired) electrons. The normalized spacial score (nSPS) is 25.8. The monoisotopic (exact) mass is 440 g/mol. The fourth-order valence-corrected chi connectivity index (χ4v) is 5.26. The summed E-state index contributed by atoms with van der Waals surface area (Å²) in [5, 5.41) is 2.84. The van der Waals surface area contributed by atoms with E-state index in [1.54, 1.807) is 12.3 Å². The molecule has 33 heavy (non-hydrogen) atoms. The molecule has 2 aromatic carbocycles. The molecule has 0 aromatic heterocycles. The zero-order valence-electron chi connectivity index (χ0n) is 18.7. The Bertz CT molecular complexity index is 1120. The van der Waals surface area contributed by atoms with Crippen LogP contribution in [0.5, 0.6) is 0 Å². The van der Waals surface area contributed by atoms with E-state index in [0.29, 0.717) is 17.7 Å². The summed E-state index contributed by atoms with van der Waals surface area (Å²) in [5.41, 5.74) is 2.15. The van der Waals surface area contributed by atoms with Crippen LogP contribution in [0.4, 0.5) is 0 Å². The predicted molar refractivity (Wildman–Crippen MR) is 126 cm³/mol. The van der Waals surface area contributed by atoms with Crippen molar-refractivity contribution in [3.05, 3.63) is 95.7 Å². The smallest absolute Gasteiger partial charge is 0.252 e. The number of hydrogen-bond acceptors (Lipinski definition) is 4. The van der Waals surface area contributed by atoms with Crippen molar-refractivity contribution in [2.75, 3.05) is 6.54 Å². The number of Topliss-reactive ketones (excluding diaryl/α,β-unsaturated/α-hetero) is 2. The first-order valence-corrected chi connectivity index (χ1v) is 11.7. The lowest BCUT2D eigenvalue weighted by atomic mass is 9.76. The third-order valence-electron chi connectivity index (χ3n) is 6.94. The number of hydrogen-bond donors (Lipinski definition) is 1. The summed E-state index contributed by atoms with van der Waals surface area (Å²) in [6.07, 6.45) is 7.33. The van der Waals surface area contributed by atoms with Crippen LogP contribution in [0.3, 0.4) is 0 Å². The van der Waals surface area contributed by atoms with Crippen molar-refractivity contribution in [3.63, 3.8) is 0 Å². The molecule has 1 saturated heterocycles. The van der Waals surface area contributed by atoms with Gasteiger partial charge in [0.1, 0.15) is 0 Å². The molecule has 1 amide bonds. The molecule has 5 nitrogen and oxygen atoms in total. The highest BCUT2D eigenvalue weighted by Gasteiger charge is 2.56. The maximum Gasteiger partial charge on any atom is 0.252 e. The van der Waals surface area contributed by atoms with Gasteiger partial charge in [0.05, 0.1) is 23.6 Å². The number of benzene rings is 2. The molecule has 2 fully saturated rings. The molecule has 2 heterocycles. The lowest BCUT2D eigenvalue weighted by Crippen LogP contribution is -2.41. The Morgan fingerprint density at radius 1 is 0.970 bits per heavy atom. The first kappa shape index (κ1) is 21.4. The van der Waals surface area contributed by atoms with Gasteiger partial charge in [-0.05, 0) is 31.4 Å². The van der Waals surface area contributed by atoms with Gasteiger partial charge in [-0.1, -0.05) is 66.7 Å². The number of carbonyl (C=O) groups excluding carboxylic acids is 3. The van der Waals surface area contributed by atoms with Gasteiger partial charge in [-0.3, -0.25) is 14.4 Å². The molecular formula is C28H28N2O3. The minimum absolute atomic E-state index is 0.0325. The number of nitrogens with one attached hydrogen (secondary N) is 1. The molecule has 1 N–H and O–H groups in total. The third-order valence-corrected chi connectivity index (χ3v) is 6.94. The molecule has 168 valence electrons. The Hall–Kier alpha value is -3.47. The summed E-state index contributed by atoms with van der Waals surface area (Å²) >= 11 is 0. The molecule has 5 rings (SSSR count). The fourth-order valence-electron chi connectivity index (χ4n) is 5.26. The van der Waals surface area contributed by atoms with Gasteiger partial charge >= 0.3 is 0 Å². The highest BCUT2D eigenvalue weighted by Crippen LogP contribution is 2.49. The fraction of sp³-hybridized carbons (Fsp3) is 0.321. The van der Waals surface area contributed by atoms with Crippen LogP contribution in [-0.2, 0) is 9.59 Å². The molecule has 0 bridgehead atoms. The molecule has 0 spiro atoms. The van der Waals surface area contributed by atoms with Crippen molar-refractivity contribution < 1.29 is 14.4 Å². The summed E-state index contributed by atoms with van der Waals surface area (Å²) < 4.78 is 0. The quantitative estimate of drug-likeness (QED) is 0.664. The Kier molecular flexibility index (Phi) is 5.71. The van der Waals surface area contributed by atoms with Gasteiger partial charge in [-0.15, -0.1) is 0 Å². The molecule has 2 aromatic rings. The summed E-state index contributed by atoms with van der Waals surface area (Å²) in [6.45, 7) is 2.41. The second kappa shape index (κ2) is 8.81. The second-order valence-corrected chi connectivity index (χ2v) is 9.05. The van der Waals surface area contributed by atoms with Gasteiger partial charge < -0.3 is 10.2 Å². The number of carbonyl (C=O) groups is 3. The van der Waals surface area contributed by atoms with Gasteiger partial charge in [0, 0.05) is 30.1 Å². The average Bonchev–Trinajstić information content (AvgIpc) is 3.65. The van der Waals surface area contributed by atoms with Crippen molar-refractivity contribution in [1.29, 1.82) is 0 Å². The molecule has 1 aliphatic carbocycles. The number of fused-ring (bicyclic) bond motifs is 1. The molecule has 2 aliphatic heterocycles. The van der Waals surface area contributed by atoms with Crippen LogP contribution < -0.4 is 5.32 Å². The maximum atomic E-state index is 13.9. The Balaban J connectivity index is 1.63. The highest BCUT2D eigenvalue weighted by atomic mass is 16.2. The van der Waals surface area contributed by atoms with Crippen molar-refractivity contribution in [3.8, 4) is 0 Å². The largest absolute Gasteiger partial charge is 0.359 e. The van der Waals surface area contributed by atoms with Gasteiger partial charge in [0.15, 0.2) is 11.6 Å². The Morgan fingerprint density at radius 2 is 1.64 bits per heavy atom. The van der Waals surface area contributed by atoms with E-state index in [-0.39, 0.29) is 35.4 Å². The zero-order chi connectivity index (χ0) is 22.9. The third kappa shape index (κ3) is 3.92. The Labute approximate surface area is 194 Å². The van der Waals surface area contributed by atoms with E-state index < -0.39 is 12.0 Å². The van der Waals surface area contributed by atoms with E-state index in [1.165, 1.54) is 0 Å². The summed E-state index contributed by atoms with van der Waals surface area (Å²) in [6, 6.07) is 18.5. The number of likely N-dealkylation sites (N-methyl/N-ethyl adjacent to an activating group) is 1. The predicted octanol–water partition coefficient (Wildman–Crippen LogP) is 3.89. The summed E-state index contributed by atoms with van der Waals surface area (Å²) in [7, 11) is 0. The number of amides is 1. The standard InChI is InChI=1S/C28H28N2O3/c1-2-29-28(33)21-15-16-22-24(26(31)19-11-7-4-8-12-19)23(18-9-5-3-6-10-18)25(30(22)17-21)27(32)20-13-14-20/h3-12,15-17,20,22-25H,2,13-14H2,1H3,(H,29,33). The van der Waals surface area contributed by atoms with E-state index in [9.17, 15) is 14.4 Å². The van der Waals surface area contributed by atoms with Gasteiger partial charge in [0.2, 0.25) is 0 Å². The van der Waals surface area contributed by atoms with Gasteiger partial charge in [0.25, 0.3) is 5.91 Å². The topological polar surface area (TPSA) is 66.5 Å². The number of ketones is 2. The Morgan fingerprint density at radius 3 is 2.27 bits per heavy atom. The van der Waals surface area contributed by atoms with Crippen LogP contribution in [0.25, 0.3) is 0 Å². The molecule has 1 saturated carbocycles. The number of nitrogens with zero attached hydrogens (tertiary/aromatic N) is 1. The minimum Gasteiger partial charge on any atom is -0.359 e. The molecular weight excluding hydrogens is 412 g/mol. The van der Waals surface area contributed by atoms with Crippen molar-refractivity contribution in [1.82, 2.24) is 10.2 Å². The average molecular weight is 441 g/mol. The SMILES string of the molecule is CCNC(=O)C1=CN2C(C=C1)C(C(=O)c1ccccc1)C(c1ccccc1)C2C(=O)C1CC1. The maximum absolute atomic E-state index is 13.9. The van der Waals surface area contributed by atoms with Gasteiger partial charge in [-0.25, -0.2) is 0 Å². The van der Waals surface area contributed by atoms with Crippen LogP contribution in [0.2, 0.25) is 0 Å². The zero-order valence-corrected chi connectivity index (χ0v) is 18.7. The second-order valence-electron chi connectivity index (χ2n) is 9.05. The molecule has 4 atom stereocenters. The van der Waals surface area contributed by atoms with E-state index >= 15 is 0 Å². The summed E-state index contributed by atoms with van der Waals surface area (Å²) in [5.74, 6) is -0.625. The first-order chi connectivity index (χ1) is 16.1. The molecule has 4 unspecified atom stereocenters. The van der Waals surface area contributed by atoms with E-state index in [0.717, 1.165) is 18.4 Å². The first-order valence-electron chi connectivity index (χ1n) is 11.7. The van der Waals surface area contributed by atoms with Crippen molar-refractivity contribution >= 4 is 17.5 Å².